The quantitative estimate of drug-likeness (QED) is 0.397. The number of Topliss-reactive ketones (excluding diaryl/α,β-unsaturated/α-hetero) is 4. The van der Waals surface area contributed by atoms with Gasteiger partial charge in [0, 0.05) is 51.4 Å². The molecule has 25 heavy (non-hydrogen) atoms. The van der Waals surface area contributed by atoms with Crippen LogP contribution in [0.25, 0.3) is 0 Å². The van der Waals surface area contributed by atoms with Crippen molar-refractivity contribution in [2.45, 2.75) is 98.3 Å². The van der Waals surface area contributed by atoms with Crippen LogP contribution >= 0.6 is 0 Å². The van der Waals surface area contributed by atoms with Gasteiger partial charge in [-0.2, -0.15) is 0 Å². The van der Waals surface area contributed by atoms with Crippen molar-refractivity contribution in [1.29, 1.82) is 0 Å². The maximum absolute atomic E-state index is 11.8. The molecule has 0 fully saturated rings. The van der Waals surface area contributed by atoms with Crippen LogP contribution in [-0.2, 0) is 19.2 Å². The lowest BCUT2D eigenvalue weighted by atomic mass is 9.85. The smallest absolute Gasteiger partial charge is 0.132 e. The van der Waals surface area contributed by atoms with Crippen molar-refractivity contribution in [1.82, 2.24) is 0 Å². The zero-order valence-electron chi connectivity index (χ0n) is 16.6. The number of rotatable bonds is 16. The van der Waals surface area contributed by atoms with E-state index in [1.54, 1.807) is 0 Å². The predicted octanol–water partition coefficient (Wildman–Crippen LogP) is 4.87. The molecule has 0 aromatic rings. The first-order chi connectivity index (χ1) is 11.9. The Balaban J connectivity index is 4.62. The molecule has 0 atom stereocenters. The highest BCUT2D eigenvalue weighted by Crippen LogP contribution is 2.24. The summed E-state index contributed by atoms with van der Waals surface area (Å²) in [6.07, 6.45) is 6.39. The van der Waals surface area contributed by atoms with Gasteiger partial charge in [0.15, 0.2) is 0 Å². The van der Waals surface area contributed by atoms with Crippen molar-refractivity contribution in [2.24, 2.45) is 11.8 Å². The molecule has 0 saturated carbocycles. The molecule has 4 nitrogen and oxygen atoms in total. The standard InChI is InChI=1S/C21H36O4/c1-5-18(22)12-16(13-19(23)6-2)10-9-11-17(14-20(24)7-3)15-21(25)8-4/h16-17H,5-15H2,1-4H3. The largest absolute Gasteiger partial charge is 0.300 e. The third-order valence-corrected chi connectivity index (χ3v) is 4.87. The Morgan fingerprint density at radius 3 is 0.960 bits per heavy atom. The number of hydrogen-bond acceptors (Lipinski definition) is 4. The SMILES string of the molecule is CCC(=O)CC(CCCC(CC(=O)CC)CC(=O)CC)CC(=O)CC. The summed E-state index contributed by atoms with van der Waals surface area (Å²) in [6.45, 7) is 7.40. The van der Waals surface area contributed by atoms with E-state index in [9.17, 15) is 19.2 Å². The van der Waals surface area contributed by atoms with Gasteiger partial charge in [-0.25, -0.2) is 0 Å². The highest BCUT2D eigenvalue weighted by atomic mass is 16.1. The zero-order chi connectivity index (χ0) is 19.2. The van der Waals surface area contributed by atoms with Crippen molar-refractivity contribution in [2.75, 3.05) is 0 Å². The molecule has 4 heteroatoms. The van der Waals surface area contributed by atoms with E-state index in [-0.39, 0.29) is 35.0 Å². The van der Waals surface area contributed by atoms with Crippen LogP contribution in [0, 0.1) is 11.8 Å². The van der Waals surface area contributed by atoms with Gasteiger partial charge in [0.25, 0.3) is 0 Å². The summed E-state index contributed by atoms with van der Waals surface area (Å²) in [7, 11) is 0. The molecule has 0 aliphatic rings. The number of hydrogen-bond donors (Lipinski definition) is 0. The minimum Gasteiger partial charge on any atom is -0.300 e. The van der Waals surface area contributed by atoms with E-state index in [0.717, 1.165) is 19.3 Å². The van der Waals surface area contributed by atoms with Gasteiger partial charge >= 0.3 is 0 Å². The highest BCUT2D eigenvalue weighted by Gasteiger charge is 2.19. The summed E-state index contributed by atoms with van der Waals surface area (Å²) in [5.74, 6) is 1.01. The van der Waals surface area contributed by atoms with Crippen molar-refractivity contribution in [3.8, 4) is 0 Å². The van der Waals surface area contributed by atoms with Crippen LogP contribution in [0.5, 0.6) is 0 Å². The van der Waals surface area contributed by atoms with Gasteiger partial charge in [-0.1, -0.05) is 34.1 Å². The lowest BCUT2D eigenvalue weighted by Crippen LogP contribution is -2.15. The number of ketones is 4. The molecule has 0 aliphatic carbocycles. The van der Waals surface area contributed by atoms with Gasteiger partial charge in [-0.05, 0) is 24.7 Å². The molecule has 0 aliphatic heterocycles. The molecule has 0 heterocycles. The molecule has 0 aromatic carbocycles. The second-order valence-corrected chi connectivity index (χ2v) is 7.05. The Bertz CT molecular complexity index is 363. The average Bonchev–Trinajstić information content (AvgIpc) is 2.60. The minimum absolute atomic E-state index is 0.101. The number of carbonyl (C=O) groups is 4. The summed E-state index contributed by atoms with van der Waals surface area (Å²) in [6, 6.07) is 0. The third kappa shape index (κ3) is 11.8. The predicted molar refractivity (Wildman–Crippen MR) is 100 cm³/mol. The lowest BCUT2D eigenvalue weighted by Gasteiger charge is -2.18. The monoisotopic (exact) mass is 352 g/mol. The number of carbonyl (C=O) groups excluding carboxylic acids is 4. The van der Waals surface area contributed by atoms with Crippen LogP contribution < -0.4 is 0 Å². The van der Waals surface area contributed by atoms with E-state index < -0.39 is 0 Å². The Hall–Kier alpha value is -1.32. The molecule has 0 spiro atoms. The minimum atomic E-state index is 0.101. The molecule has 144 valence electrons. The molecule has 0 bridgehead atoms. The molecular weight excluding hydrogens is 316 g/mol. The second-order valence-electron chi connectivity index (χ2n) is 7.05. The van der Waals surface area contributed by atoms with E-state index in [2.05, 4.69) is 0 Å². The topological polar surface area (TPSA) is 68.3 Å². The first-order valence-electron chi connectivity index (χ1n) is 9.92. The van der Waals surface area contributed by atoms with Crippen LogP contribution in [0.2, 0.25) is 0 Å². The molecule has 0 saturated heterocycles. The van der Waals surface area contributed by atoms with Gasteiger partial charge in [-0.3, -0.25) is 19.2 Å². The van der Waals surface area contributed by atoms with Gasteiger partial charge < -0.3 is 0 Å². The summed E-state index contributed by atoms with van der Waals surface area (Å²) >= 11 is 0. The third-order valence-electron chi connectivity index (χ3n) is 4.87. The fourth-order valence-electron chi connectivity index (χ4n) is 3.11. The first kappa shape index (κ1) is 23.7. The van der Waals surface area contributed by atoms with Gasteiger partial charge in [0.1, 0.15) is 23.1 Å². The van der Waals surface area contributed by atoms with E-state index in [4.69, 9.17) is 0 Å². The average molecular weight is 353 g/mol. The van der Waals surface area contributed by atoms with E-state index in [1.165, 1.54) is 0 Å². The Morgan fingerprint density at radius 2 is 0.760 bits per heavy atom. The fraction of sp³-hybridized carbons (Fsp3) is 0.810. The van der Waals surface area contributed by atoms with Crippen molar-refractivity contribution in [3.63, 3.8) is 0 Å². The van der Waals surface area contributed by atoms with Gasteiger partial charge in [0.2, 0.25) is 0 Å². The molecule has 0 amide bonds. The summed E-state index contributed by atoms with van der Waals surface area (Å²) in [5.41, 5.74) is 0. The summed E-state index contributed by atoms with van der Waals surface area (Å²) < 4.78 is 0. The molecule has 0 unspecified atom stereocenters. The van der Waals surface area contributed by atoms with Crippen LogP contribution in [-0.4, -0.2) is 23.1 Å². The fourth-order valence-corrected chi connectivity index (χ4v) is 3.11. The van der Waals surface area contributed by atoms with Crippen LogP contribution in [0.1, 0.15) is 98.3 Å². The molecule has 0 N–H and O–H groups in total. The van der Waals surface area contributed by atoms with Gasteiger partial charge in [-0.15, -0.1) is 0 Å². The molecular formula is C21H36O4. The van der Waals surface area contributed by atoms with E-state index >= 15 is 0 Å². The van der Waals surface area contributed by atoms with Crippen LogP contribution in [0.3, 0.4) is 0 Å². The Labute approximate surface area is 153 Å². The second kappa shape index (κ2) is 13.9. The highest BCUT2D eigenvalue weighted by molar-refractivity contribution is 5.82. The van der Waals surface area contributed by atoms with Crippen molar-refractivity contribution >= 4 is 23.1 Å². The van der Waals surface area contributed by atoms with Crippen LogP contribution in [0.4, 0.5) is 0 Å². The molecule has 0 aromatic heterocycles. The normalized spacial score (nSPS) is 11.1. The molecule has 0 radical (unpaired) electrons. The maximum atomic E-state index is 11.8. The first-order valence-corrected chi connectivity index (χ1v) is 9.92. The van der Waals surface area contributed by atoms with Gasteiger partial charge in [0.05, 0.1) is 0 Å². The van der Waals surface area contributed by atoms with E-state index in [1.807, 2.05) is 27.7 Å². The van der Waals surface area contributed by atoms with Crippen molar-refractivity contribution < 1.29 is 19.2 Å². The van der Waals surface area contributed by atoms with Crippen molar-refractivity contribution in [3.05, 3.63) is 0 Å². The van der Waals surface area contributed by atoms with Crippen LogP contribution in [0.15, 0.2) is 0 Å². The summed E-state index contributed by atoms with van der Waals surface area (Å²) in [5, 5.41) is 0. The summed E-state index contributed by atoms with van der Waals surface area (Å²) in [4.78, 5) is 47.0. The zero-order valence-corrected chi connectivity index (χ0v) is 16.6. The Kier molecular flexibility index (Phi) is 13.2. The maximum Gasteiger partial charge on any atom is 0.132 e. The lowest BCUT2D eigenvalue weighted by molar-refractivity contribution is -0.123. The molecule has 0 rings (SSSR count). The Morgan fingerprint density at radius 1 is 0.520 bits per heavy atom. The van der Waals surface area contributed by atoms with E-state index in [0.29, 0.717) is 51.4 Å².